The second-order valence-electron chi connectivity index (χ2n) is 10.3. The number of carbonyl (C=O) groups excluding carboxylic acids is 1. The number of ether oxygens (including phenoxy) is 1. The zero-order valence-corrected chi connectivity index (χ0v) is 22.3. The molecule has 4 aromatic rings. The largest absolute Gasteiger partial charge is 0.493 e. The lowest BCUT2D eigenvalue weighted by Crippen LogP contribution is -2.53. The highest BCUT2D eigenvalue weighted by atomic mass is 16.5. The maximum absolute atomic E-state index is 12.8. The quantitative estimate of drug-likeness (QED) is 0.408. The highest BCUT2D eigenvalue weighted by Crippen LogP contribution is 2.28. The number of nitrogens with zero attached hydrogens (tertiary/aromatic N) is 7. The number of fused-ring (bicyclic) bond motifs is 1. The van der Waals surface area contributed by atoms with E-state index in [-0.39, 0.29) is 6.03 Å². The molecule has 2 aliphatic heterocycles. The number of hydrogen-bond acceptors (Lipinski definition) is 7. The molecule has 0 saturated carbocycles. The van der Waals surface area contributed by atoms with E-state index in [2.05, 4.69) is 37.0 Å². The van der Waals surface area contributed by atoms with E-state index in [1.807, 2.05) is 34.2 Å². The molecule has 1 aromatic carbocycles. The Balaban J connectivity index is 1.08. The maximum Gasteiger partial charge on any atom is 0.320 e. The molecule has 0 unspecified atom stereocenters. The lowest BCUT2D eigenvalue weighted by Gasteiger charge is -2.38. The van der Waals surface area contributed by atoms with Gasteiger partial charge < -0.3 is 19.5 Å². The van der Waals surface area contributed by atoms with E-state index >= 15 is 0 Å². The Kier molecular flexibility index (Phi) is 7.36. The van der Waals surface area contributed by atoms with Crippen molar-refractivity contribution in [2.45, 2.75) is 32.2 Å². The van der Waals surface area contributed by atoms with Crippen LogP contribution in [0, 0.1) is 0 Å². The smallest absolute Gasteiger partial charge is 0.320 e. The van der Waals surface area contributed by atoms with Crippen molar-refractivity contribution >= 4 is 17.1 Å². The van der Waals surface area contributed by atoms with Crippen LogP contribution in [-0.2, 0) is 13.0 Å². The molecule has 202 valence electrons. The number of likely N-dealkylation sites (tertiary alicyclic amines) is 1. The fraction of sp³-hybridized carbons (Fsp3) is 0.414. The molecule has 10 heteroatoms. The van der Waals surface area contributed by atoms with E-state index in [1.165, 1.54) is 18.3 Å². The number of rotatable bonds is 6. The summed E-state index contributed by atoms with van der Waals surface area (Å²) in [6.45, 7) is 6.01. The summed E-state index contributed by atoms with van der Waals surface area (Å²) >= 11 is 0. The van der Waals surface area contributed by atoms with Crippen molar-refractivity contribution in [3.8, 4) is 17.0 Å². The number of piperidine rings is 1. The summed E-state index contributed by atoms with van der Waals surface area (Å²) in [4.78, 5) is 40.6. The van der Waals surface area contributed by atoms with Gasteiger partial charge in [0, 0.05) is 69.7 Å². The molecule has 2 aliphatic rings. The van der Waals surface area contributed by atoms with Crippen molar-refractivity contribution in [2.24, 2.45) is 0 Å². The van der Waals surface area contributed by atoms with Gasteiger partial charge in [-0.2, -0.15) is 0 Å². The van der Waals surface area contributed by atoms with E-state index in [0.717, 1.165) is 92.5 Å². The summed E-state index contributed by atoms with van der Waals surface area (Å²) < 4.78 is 5.42. The van der Waals surface area contributed by atoms with Gasteiger partial charge in [-0.25, -0.2) is 19.7 Å². The third-order valence-electron chi connectivity index (χ3n) is 7.61. The van der Waals surface area contributed by atoms with Gasteiger partial charge in [0.2, 0.25) is 0 Å². The number of aromatic nitrogens is 5. The molecule has 0 bridgehead atoms. The number of methoxy groups -OCH3 is 1. The minimum Gasteiger partial charge on any atom is -0.493 e. The van der Waals surface area contributed by atoms with Gasteiger partial charge in [0.15, 0.2) is 5.75 Å². The first kappa shape index (κ1) is 25.2. The second-order valence-corrected chi connectivity index (χ2v) is 10.3. The standard InChI is InChI=1S/C29H34N8O2/c1-39-26-18-30-20-32-28(26)22-5-6-24-25(16-22)34-27(33-24)17-23-15-21(7-8-31-23)19-35-11-13-37(14-12-35)29(38)36-9-3-2-4-10-36/h5-8,15-16,18,20H,2-4,9-14,17,19H2,1H3,(H,33,34). The van der Waals surface area contributed by atoms with Gasteiger partial charge in [-0.15, -0.1) is 0 Å². The molecular formula is C29H34N8O2. The molecule has 3 aromatic heterocycles. The Hall–Kier alpha value is -4.05. The van der Waals surface area contributed by atoms with E-state index in [1.54, 1.807) is 13.3 Å². The summed E-state index contributed by atoms with van der Waals surface area (Å²) in [6, 6.07) is 10.5. The predicted octanol–water partition coefficient (Wildman–Crippen LogP) is 3.74. The molecule has 2 fully saturated rings. The first-order chi connectivity index (χ1) is 19.2. The van der Waals surface area contributed by atoms with Crippen molar-refractivity contribution in [3.63, 3.8) is 0 Å². The van der Waals surface area contributed by atoms with Gasteiger partial charge in [-0.1, -0.05) is 6.07 Å². The van der Waals surface area contributed by atoms with Crippen LogP contribution in [0.2, 0.25) is 0 Å². The summed E-state index contributed by atoms with van der Waals surface area (Å²) in [7, 11) is 1.62. The van der Waals surface area contributed by atoms with Crippen LogP contribution in [0.3, 0.4) is 0 Å². The van der Waals surface area contributed by atoms with Gasteiger partial charge in [0.25, 0.3) is 0 Å². The Bertz CT molecular complexity index is 1440. The normalized spacial score (nSPS) is 16.5. The summed E-state index contributed by atoms with van der Waals surface area (Å²) in [5, 5.41) is 0. The molecule has 39 heavy (non-hydrogen) atoms. The van der Waals surface area contributed by atoms with E-state index in [4.69, 9.17) is 9.72 Å². The number of amides is 2. The summed E-state index contributed by atoms with van der Waals surface area (Å²) in [5.74, 6) is 1.50. The molecule has 5 heterocycles. The van der Waals surface area contributed by atoms with Crippen LogP contribution in [0.5, 0.6) is 5.75 Å². The molecule has 2 saturated heterocycles. The molecule has 0 radical (unpaired) electrons. The third kappa shape index (κ3) is 5.70. The maximum atomic E-state index is 12.8. The minimum atomic E-state index is 0.217. The van der Waals surface area contributed by atoms with Crippen molar-refractivity contribution in [3.05, 3.63) is 66.1 Å². The molecule has 6 rings (SSSR count). The highest BCUT2D eigenvalue weighted by molar-refractivity contribution is 5.82. The van der Waals surface area contributed by atoms with Gasteiger partial charge in [0.1, 0.15) is 17.8 Å². The SMILES string of the molecule is COc1cncnc1-c1ccc2nc(Cc3cc(CN4CCN(C(=O)N5CCCCC5)CC4)ccn3)[nH]c2c1. The van der Waals surface area contributed by atoms with E-state index < -0.39 is 0 Å². The number of nitrogens with one attached hydrogen (secondary N) is 1. The molecule has 0 spiro atoms. The number of pyridine rings is 1. The number of aromatic amines is 1. The van der Waals surface area contributed by atoms with Gasteiger partial charge >= 0.3 is 6.03 Å². The van der Waals surface area contributed by atoms with Gasteiger partial charge in [0.05, 0.1) is 24.3 Å². The molecule has 0 atom stereocenters. The Morgan fingerprint density at radius 3 is 2.62 bits per heavy atom. The predicted molar refractivity (Wildman–Crippen MR) is 148 cm³/mol. The zero-order chi connectivity index (χ0) is 26.6. The molecule has 2 amide bonds. The molecule has 0 aliphatic carbocycles. The number of imidazole rings is 1. The van der Waals surface area contributed by atoms with Crippen molar-refractivity contribution in [1.82, 2.24) is 39.6 Å². The Labute approximate surface area is 228 Å². The minimum absolute atomic E-state index is 0.217. The fourth-order valence-electron chi connectivity index (χ4n) is 5.51. The van der Waals surface area contributed by atoms with Gasteiger partial charge in [-0.05, 0) is 49.1 Å². The number of carbonyl (C=O) groups is 1. The number of H-pyrrole nitrogens is 1. The van der Waals surface area contributed by atoms with E-state index in [9.17, 15) is 4.79 Å². The topological polar surface area (TPSA) is 103 Å². The van der Waals surface area contributed by atoms with Crippen LogP contribution in [0.15, 0.2) is 49.1 Å². The van der Waals surface area contributed by atoms with Crippen LogP contribution < -0.4 is 4.74 Å². The average molecular weight is 527 g/mol. The lowest BCUT2D eigenvalue weighted by atomic mass is 10.1. The van der Waals surface area contributed by atoms with Crippen LogP contribution >= 0.6 is 0 Å². The zero-order valence-electron chi connectivity index (χ0n) is 22.3. The number of piperazine rings is 1. The Morgan fingerprint density at radius 2 is 1.79 bits per heavy atom. The monoisotopic (exact) mass is 526 g/mol. The van der Waals surface area contributed by atoms with Crippen molar-refractivity contribution in [2.75, 3.05) is 46.4 Å². The van der Waals surface area contributed by atoms with Crippen LogP contribution in [0.25, 0.3) is 22.3 Å². The second kappa shape index (κ2) is 11.4. The molecule has 1 N–H and O–H groups in total. The molecular weight excluding hydrogens is 492 g/mol. The highest BCUT2D eigenvalue weighted by Gasteiger charge is 2.26. The first-order valence-electron chi connectivity index (χ1n) is 13.7. The van der Waals surface area contributed by atoms with Crippen molar-refractivity contribution < 1.29 is 9.53 Å². The van der Waals surface area contributed by atoms with Crippen LogP contribution in [0.1, 0.15) is 36.3 Å². The summed E-state index contributed by atoms with van der Waals surface area (Å²) in [6.07, 6.45) is 9.18. The fourth-order valence-corrected chi connectivity index (χ4v) is 5.51. The van der Waals surface area contributed by atoms with Crippen molar-refractivity contribution in [1.29, 1.82) is 0 Å². The molecule has 10 nitrogen and oxygen atoms in total. The number of hydrogen-bond donors (Lipinski definition) is 1. The van der Waals surface area contributed by atoms with Gasteiger partial charge in [-0.3, -0.25) is 9.88 Å². The van der Waals surface area contributed by atoms with E-state index in [0.29, 0.717) is 12.2 Å². The van der Waals surface area contributed by atoms with Crippen LogP contribution in [-0.4, -0.2) is 92.0 Å². The Morgan fingerprint density at radius 1 is 0.974 bits per heavy atom. The number of urea groups is 1. The van der Waals surface area contributed by atoms with Crippen LogP contribution in [0.4, 0.5) is 4.79 Å². The lowest BCUT2D eigenvalue weighted by molar-refractivity contribution is 0.105. The number of benzene rings is 1. The average Bonchev–Trinajstić information content (AvgIpc) is 3.39. The third-order valence-corrected chi connectivity index (χ3v) is 7.61. The first-order valence-corrected chi connectivity index (χ1v) is 13.7. The summed E-state index contributed by atoms with van der Waals surface area (Å²) in [5.41, 5.74) is 5.73.